The largest absolute Gasteiger partial charge is 0.497 e. The molecule has 0 radical (unpaired) electrons. The second-order valence-electron chi connectivity index (χ2n) is 5.98. The van der Waals surface area contributed by atoms with E-state index in [1.54, 1.807) is 12.0 Å². The van der Waals surface area contributed by atoms with E-state index in [2.05, 4.69) is 5.32 Å². The number of hydrogen-bond donors (Lipinski definition) is 1. The van der Waals surface area contributed by atoms with Gasteiger partial charge in [0.25, 0.3) is 0 Å². The quantitative estimate of drug-likeness (QED) is 0.904. The summed E-state index contributed by atoms with van der Waals surface area (Å²) in [6.07, 6.45) is 1.30. The highest BCUT2D eigenvalue weighted by Crippen LogP contribution is 2.25. The fourth-order valence-corrected chi connectivity index (χ4v) is 2.83. The first-order valence-corrected chi connectivity index (χ1v) is 8.43. The van der Waals surface area contributed by atoms with Crippen molar-refractivity contribution in [3.05, 3.63) is 42.2 Å². The fourth-order valence-electron chi connectivity index (χ4n) is 2.83. The lowest BCUT2D eigenvalue weighted by Crippen LogP contribution is -2.34. The van der Waals surface area contributed by atoms with Crippen LogP contribution in [0.3, 0.4) is 0 Å². The highest BCUT2D eigenvalue weighted by molar-refractivity contribution is 5.80. The summed E-state index contributed by atoms with van der Waals surface area (Å²) in [5.41, 5.74) is 0.968. The molecule has 1 saturated heterocycles. The molecule has 0 unspecified atom stereocenters. The zero-order chi connectivity index (χ0) is 17.6. The van der Waals surface area contributed by atoms with Crippen LogP contribution in [0.5, 0.6) is 5.75 Å². The SMILES string of the molecule is COc1ccc(-c2ccc(CCC(=O)N3CCNC(=O)CC3)o2)cc1. The second kappa shape index (κ2) is 7.88. The molecule has 1 aromatic carbocycles. The Kier molecular flexibility index (Phi) is 5.38. The summed E-state index contributed by atoms with van der Waals surface area (Å²) in [6.45, 7) is 1.58. The normalized spacial score (nSPS) is 14.8. The van der Waals surface area contributed by atoms with Crippen molar-refractivity contribution in [2.75, 3.05) is 26.7 Å². The van der Waals surface area contributed by atoms with Crippen LogP contribution < -0.4 is 10.1 Å². The number of methoxy groups -OCH3 is 1. The van der Waals surface area contributed by atoms with E-state index < -0.39 is 0 Å². The van der Waals surface area contributed by atoms with Crippen molar-refractivity contribution in [3.63, 3.8) is 0 Å². The van der Waals surface area contributed by atoms with Gasteiger partial charge < -0.3 is 19.4 Å². The second-order valence-corrected chi connectivity index (χ2v) is 5.98. The van der Waals surface area contributed by atoms with E-state index in [4.69, 9.17) is 9.15 Å². The minimum atomic E-state index is 0.00506. The Morgan fingerprint density at radius 1 is 1.20 bits per heavy atom. The van der Waals surface area contributed by atoms with Crippen molar-refractivity contribution in [1.82, 2.24) is 10.2 Å². The van der Waals surface area contributed by atoms with Gasteiger partial charge in [-0.2, -0.15) is 0 Å². The Labute approximate surface area is 146 Å². The monoisotopic (exact) mass is 342 g/mol. The lowest BCUT2D eigenvalue weighted by atomic mass is 10.2. The van der Waals surface area contributed by atoms with Gasteiger partial charge in [0.2, 0.25) is 11.8 Å². The lowest BCUT2D eigenvalue weighted by Gasteiger charge is -2.19. The van der Waals surface area contributed by atoms with Crippen LogP contribution in [-0.4, -0.2) is 43.5 Å². The molecule has 1 N–H and O–H groups in total. The lowest BCUT2D eigenvalue weighted by molar-refractivity contribution is -0.131. The molecule has 132 valence electrons. The molecule has 2 aromatic rings. The van der Waals surface area contributed by atoms with Gasteiger partial charge in [0.1, 0.15) is 17.3 Å². The molecule has 1 aliphatic heterocycles. The van der Waals surface area contributed by atoms with Crippen molar-refractivity contribution >= 4 is 11.8 Å². The number of amides is 2. The van der Waals surface area contributed by atoms with Crippen molar-refractivity contribution in [2.45, 2.75) is 19.3 Å². The third-order valence-corrected chi connectivity index (χ3v) is 4.29. The van der Waals surface area contributed by atoms with Gasteiger partial charge in [0, 0.05) is 44.5 Å². The Hall–Kier alpha value is -2.76. The molecule has 2 heterocycles. The van der Waals surface area contributed by atoms with Crippen LogP contribution in [0, 0.1) is 0 Å². The Morgan fingerprint density at radius 3 is 2.76 bits per heavy atom. The summed E-state index contributed by atoms with van der Waals surface area (Å²) in [5, 5.41) is 2.77. The molecule has 6 heteroatoms. The molecule has 0 atom stereocenters. The minimum absolute atomic E-state index is 0.00506. The zero-order valence-electron chi connectivity index (χ0n) is 14.3. The highest BCUT2D eigenvalue weighted by atomic mass is 16.5. The van der Waals surface area contributed by atoms with Crippen LogP contribution in [0.1, 0.15) is 18.6 Å². The summed E-state index contributed by atoms with van der Waals surface area (Å²) in [5.74, 6) is 2.41. The molecule has 0 bridgehead atoms. The van der Waals surface area contributed by atoms with Crippen LogP contribution in [0.15, 0.2) is 40.8 Å². The first-order valence-electron chi connectivity index (χ1n) is 8.43. The van der Waals surface area contributed by atoms with Crippen LogP contribution in [0.2, 0.25) is 0 Å². The smallest absolute Gasteiger partial charge is 0.223 e. The Morgan fingerprint density at radius 2 is 2.00 bits per heavy atom. The maximum absolute atomic E-state index is 12.3. The number of benzene rings is 1. The van der Waals surface area contributed by atoms with Crippen LogP contribution in [-0.2, 0) is 16.0 Å². The Bertz CT molecular complexity index is 736. The van der Waals surface area contributed by atoms with E-state index in [9.17, 15) is 9.59 Å². The summed E-state index contributed by atoms with van der Waals surface area (Å²) in [4.78, 5) is 25.4. The first-order chi connectivity index (χ1) is 12.2. The molecule has 0 aliphatic carbocycles. The topological polar surface area (TPSA) is 71.8 Å². The van der Waals surface area contributed by atoms with Crippen LogP contribution in [0.4, 0.5) is 0 Å². The maximum Gasteiger partial charge on any atom is 0.223 e. The molecule has 1 aliphatic rings. The molecule has 6 nitrogen and oxygen atoms in total. The number of ether oxygens (including phenoxy) is 1. The van der Waals surface area contributed by atoms with E-state index in [0.717, 1.165) is 22.8 Å². The van der Waals surface area contributed by atoms with Gasteiger partial charge in [0.15, 0.2) is 0 Å². The fraction of sp³-hybridized carbons (Fsp3) is 0.368. The molecule has 3 rings (SSSR count). The molecular formula is C19H22N2O4. The number of furan rings is 1. The minimum Gasteiger partial charge on any atom is -0.497 e. The average Bonchev–Trinajstić information content (AvgIpc) is 3.01. The van der Waals surface area contributed by atoms with Gasteiger partial charge in [-0.05, 0) is 36.4 Å². The van der Waals surface area contributed by atoms with Crippen molar-refractivity contribution in [1.29, 1.82) is 0 Å². The van der Waals surface area contributed by atoms with E-state index >= 15 is 0 Å². The predicted molar refractivity (Wildman–Crippen MR) is 93.2 cm³/mol. The third-order valence-electron chi connectivity index (χ3n) is 4.29. The number of nitrogens with zero attached hydrogens (tertiary/aromatic N) is 1. The maximum atomic E-state index is 12.3. The van der Waals surface area contributed by atoms with Crippen LogP contribution >= 0.6 is 0 Å². The molecular weight excluding hydrogens is 320 g/mol. The molecule has 0 saturated carbocycles. The van der Waals surface area contributed by atoms with Gasteiger partial charge in [-0.15, -0.1) is 0 Å². The van der Waals surface area contributed by atoms with E-state index in [1.807, 2.05) is 36.4 Å². The number of carbonyl (C=O) groups excluding carboxylic acids is 2. The molecule has 25 heavy (non-hydrogen) atoms. The first kappa shape index (κ1) is 17.1. The average molecular weight is 342 g/mol. The van der Waals surface area contributed by atoms with E-state index in [-0.39, 0.29) is 11.8 Å². The Balaban J connectivity index is 1.56. The van der Waals surface area contributed by atoms with Gasteiger partial charge in [0.05, 0.1) is 7.11 Å². The molecule has 1 aromatic heterocycles. The third kappa shape index (κ3) is 4.41. The molecule has 0 spiro atoms. The van der Waals surface area contributed by atoms with Crippen molar-refractivity contribution < 1.29 is 18.7 Å². The highest BCUT2D eigenvalue weighted by Gasteiger charge is 2.18. The number of aryl methyl sites for hydroxylation is 1. The summed E-state index contributed by atoms with van der Waals surface area (Å²) < 4.78 is 11.0. The molecule has 1 fully saturated rings. The summed E-state index contributed by atoms with van der Waals surface area (Å²) in [7, 11) is 1.63. The number of rotatable bonds is 5. The van der Waals surface area contributed by atoms with Gasteiger partial charge in [-0.25, -0.2) is 0 Å². The predicted octanol–water partition coefficient (Wildman–Crippen LogP) is 2.24. The summed E-state index contributed by atoms with van der Waals surface area (Å²) in [6, 6.07) is 11.5. The van der Waals surface area contributed by atoms with Gasteiger partial charge in [-0.1, -0.05) is 0 Å². The zero-order valence-corrected chi connectivity index (χ0v) is 14.3. The van der Waals surface area contributed by atoms with Crippen LogP contribution in [0.25, 0.3) is 11.3 Å². The van der Waals surface area contributed by atoms with Crippen molar-refractivity contribution in [3.8, 4) is 17.1 Å². The standard InChI is InChI=1S/C19H22N2O4/c1-24-15-4-2-14(3-5-15)17-8-6-16(25-17)7-9-19(23)21-12-10-18(22)20-11-13-21/h2-6,8H,7,9-13H2,1H3,(H,20,22). The number of nitrogens with one attached hydrogen (secondary N) is 1. The van der Waals surface area contributed by atoms with Crippen molar-refractivity contribution in [2.24, 2.45) is 0 Å². The van der Waals surface area contributed by atoms with E-state index in [1.165, 1.54) is 0 Å². The number of hydrogen-bond acceptors (Lipinski definition) is 4. The van der Waals surface area contributed by atoms with Gasteiger partial charge in [-0.3, -0.25) is 9.59 Å². The molecule has 2 amide bonds. The summed E-state index contributed by atoms with van der Waals surface area (Å²) >= 11 is 0. The van der Waals surface area contributed by atoms with E-state index in [0.29, 0.717) is 38.9 Å². The van der Waals surface area contributed by atoms with Gasteiger partial charge >= 0.3 is 0 Å². The number of carbonyl (C=O) groups is 2.